The van der Waals surface area contributed by atoms with E-state index in [1.165, 1.54) is 0 Å². The smallest absolute Gasteiger partial charge is 0.0715 e. The number of anilines is 2. The maximum Gasteiger partial charge on any atom is 0.0715 e. The van der Waals surface area contributed by atoms with Crippen molar-refractivity contribution in [3.05, 3.63) is 22.2 Å². The molecule has 0 bridgehead atoms. The lowest BCUT2D eigenvalue weighted by atomic mass is 10.2. The van der Waals surface area contributed by atoms with Crippen LogP contribution in [0, 0.1) is 6.92 Å². The van der Waals surface area contributed by atoms with Crippen LogP contribution in [0.5, 0.6) is 0 Å². The summed E-state index contributed by atoms with van der Waals surface area (Å²) in [5, 5.41) is 3.02. The Bertz CT molecular complexity index is 248. The zero-order valence-corrected chi connectivity index (χ0v) is 8.20. The SMILES string of the molecule is CNc1c(N)cc(C)cc1Br. The molecule has 0 aliphatic carbocycles. The van der Waals surface area contributed by atoms with E-state index in [9.17, 15) is 0 Å². The van der Waals surface area contributed by atoms with Crippen LogP contribution < -0.4 is 11.1 Å². The number of rotatable bonds is 1. The van der Waals surface area contributed by atoms with Gasteiger partial charge >= 0.3 is 0 Å². The number of aryl methyl sites for hydroxylation is 1. The highest BCUT2D eigenvalue weighted by atomic mass is 79.9. The minimum atomic E-state index is 0.777. The molecule has 0 unspecified atom stereocenters. The maximum absolute atomic E-state index is 5.74. The van der Waals surface area contributed by atoms with Crippen LogP contribution in [-0.4, -0.2) is 7.05 Å². The number of halogens is 1. The Kier molecular flexibility index (Phi) is 2.39. The van der Waals surface area contributed by atoms with E-state index in [-0.39, 0.29) is 0 Å². The standard InChI is InChI=1S/C8H11BrN2/c1-5-3-6(9)8(11-2)7(10)4-5/h3-4,11H,10H2,1-2H3. The second-order valence-corrected chi connectivity index (χ2v) is 3.32. The van der Waals surface area contributed by atoms with Crippen LogP contribution >= 0.6 is 15.9 Å². The summed E-state index contributed by atoms with van der Waals surface area (Å²) in [4.78, 5) is 0. The molecule has 60 valence electrons. The Morgan fingerprint density at radius 1 is 1.45 bits per heavy atom. The molecule has 0 fully saturated rings. The molecule has 0 aliphatic heterocycles. The third kappa shape index (κ3) is 1.66. The molecule has 0 saturated carbocycles. The average molecular weight is 215 g/mol. The van der Waals surface area contributed by atoms with E-state index in [1.807, 2.05) is 26.1 Å². The molecule has 3 heteroatoms. The molecule has 1 aromatic carbocycles. The molecule has 0 heterocycles. The molecular weight excluding hydrogens is 204 g/mol. The number of nitrogen functional groups attached to an aromatic ring is 1. The van der Waals surface area contributed by atoms with E-state index in [4.69, 9.17) is 5.73 Å². The molecule has 0 spiro atoms. The van der Waals surface area contributed by atoms with Crippen LogP contribution in [0.15, 0.2) is 16.6 Å². The summed E-state index contributed by atoms with van der Waals surface area (Å²) in [6.45, 7) is 2.01. The second kappa shape index (κ2) is 3.13. The predicted octanol–water partition coefficient (Wildman–Crippen LogP) is 2.38. The molecule has 0 saturated heterocycles. The fourth-order valence-corrected chi connectivity index (χ4v) is 1.82. The van der Waals surface area contributed by atoms with Gasteiger partial charge in [0.25, 0.3) is 0 Å². The lowest BCUT2D eigenvalue weighted by Gasteiger charge is -2.07. The van der Waals surface area contributed by atoms with Crippen molar-refractivity contribution < 1.29 is 0 Å². The minimum absolute atomic E-state index is 0.777. The summed E-state index contributed by atoms with van der Waals surface area (Å²) in [7, 11) is 1.85. The Hall–Kier alpha value is -0.700. The van der Waals surface area contributed by atoms with E-state index in [2.05, 4.69) is 21.2 Å². The van der Waals surface area contributed by atoms with Crippen LogP contribution in [0.2, 0.25) is 0 Å². The summed E-state index contributed by atoms with van der Waals surface area (Å²) < 4.78 is 1.01. The van der Waals surface area contributed by atoms with Gasteiger partial charge in [-0.25, -0.2) is 0 Å². The van der Waals surface area contributed by atoms with Crippen LogP contribution in [0.25, 0.3) is 0 Å². The van der Waals surface area contributed by atoms with Crippen molar-refractivity contribution >= 4 is 27.3 Å². The van der Waals surface area contributed by atoms with Crippen LogP contribution in [0.1, 0.15) is 5.56 Å². The van der Waals surface area contributed by atoms with Crippen molar-refractivity contribution in [1.29, 1.82) is 0 Å². The van der Waals surface area contributed by atoms with Gasteiger partial charge in [-0.15, -0.1) is 0 Å². The largest absolute Gasteiger partial charge is 0.397 e. The van der Waals surface area contributed by atoms with Gasteiger partial charge in [0.1, 0.15) is 0 Å². The summed E-state index contributed by atoms with van der Waals surface area (Å²) in [6, 6.07) is 3.97. The van der Waals surface area contributed by atoms with Crippen molar-refractivity contribution in [2.75, 3.05) is 18.1 Å². The first-order valence-electron chi connectivity index (χ1n) is 3.38. The molecule has 0 aliphatic rings. The zero-order chi connectivity index (χ0) is 8.43. The monoisotopic (exact) mass is 214 g/mol. The van der Waals surface area contributed by atoms with E-state index in [1.54, 1.807) is 0 Å². The van der Waals surface area contributed by atoms with Gasteiger partial charge in [0, 0.05) is 11.5 Å². The molecule has 0 amide bonds. The number of hydrogen-bond donors (Lipinski definition) is 2. The normalized spacial score (nSPS) is 9.73. The minimum Gasteiger partial charge on any atom is -0.397 e. The number of hydrogen-bond acceptors (Lipinski definition) is 2. The number of nitrogens with two attached hydrogens (primary N) is 1. The second-order valence-electron chi connectivity index (χ2n) is 2.46. The topological polar surface area (TPSA) is 38.0 Å². The lowest BCUT2D eigenvalue weighted by molar-refractivity contribution is 1.41. The van der Waals surface area contributed by atoms with Crippen LogP contribution in [0.3, 0.4) is 0 Å². The fraction of sp³-hybridized carbons (Fsp3) is 0.250. The van der Waals surface area contributed by atoms with Crippen molar-refractivity contribution in [1.82, 2.24) is 0 Å². The van der Waals surface area contributed by atoms with Gasteiger partial charge in [0.15, 0.2) is 0 Å². The molecule has 0 atom stereocenters. The van der Waals surface area contributed by atoms with Gasteiger partial charge in [-0.2, -0.15) is 0 Å². The first-order valence-corrected chi connectivity index (χ1v) is 4.18. The third-order valence-corrected chi connectivity index (χ3v) is 2.14. The van der Waals surface area contributed by atoms with Gasteiger partial charge in [-0.05, 0) is 40.5 Å². The first kappa shape index (κ1) is 8.40. The zero-order valence-electron chi connectivity index (χ0n) is 6.61. The molecular formula is C8H11BrN2. The summed E-state index contributed by atoms with van der Waals surface area (Å²) >= 11 is 3.42. The van der Waals surface area contributed by atoms with Crippen molar-refractivity contribution in [3.8, 4) is 0 Å². The van der Waals surface area contributed by atoms with Crippen molar-refractivity contribution in [2.45, 2.75) is 6.92 Å². The fourth-order valence-electron chi connectivity index (χ4n) is 1.03. The summed E-state index contributed by atoms with van der Waals surface area (Å²) in [5.74, 6) is 0. The lowest BCUT2D eigenvalue weighted by Crippen LogP contribution is -1.96. The Balaban J connectivity index is 3.25. The highest BCUT2D eigenvalue weighted by Gasteiger charge is 2.01. The van der Waals surface area contributed by atoms with Gasteiger partial charge in [-0.3, -0.25) is 0 Å². The highest BCUT2D eigenvalue weighted by Crippen LogP contribution is 2.29. The Morgan fingerprint density at radius 2 is 2.09 bits per heavy atom. The van der Waals surface area contributed by atoms with Crippen LogP contribution in [0.4, 0.5) is 11.4 Å². The third-order valence-electron chi connectivity index (χ3n) is 1.52. The molecule has 11 heavy (non-hydrogen) atoms. The molecule has 2 nitrogen and oxygen atoms in total. The number of benzene rings is 1. The first-order chi connectivity index (χ1) is 5.15. The predicted molar refractivity (Wildman–Crippen MR) is 52.8 cm³/mol. The van der Waals surface area contributed by atoms with E-state index in [0.29, 0.717) is 0 Å². The highest BCUT2D eigenvalue weighted by molar-refractivity contribution is 9.10. The molecule has 3 N–H and O–H groups in total. The molecule has 0 aromatic heterocycles. The van der Waals surface area contributed by atoms with E-state index >= 15 is 0 Å². The van der Waals surface area contributed by atoms with Gasteiger partial charge in [0.05, 0.1) is 11.4 Å². The number of nitrogens with one attached hydrogen (secondary N) is 1. The quantitative estimate of drug-likeness (QED) is 0.706. The Labute approximate surface area is 74.9 Å². The summed E-state index contributed by atoms with van der Waals surface area (Å²) in [5.41, 5.74) is 8.63. The van der Waals surface area contributed by atoms with Gasteiger partial charge in [0.2, 0.25) is 0 Å². The molecule has 1 rings (SSSR count). The van der Waals surface area contributed by atoms with Gasteiger partial charge < -0.3 is 11.1 Å². The maximum atomic E-state index is 5.74. The van der Waals surface area contributed by atoms with E-state index in [0.717, 1.165) is 21.4 Å². The van der Waals surface area contributed by atoms with Crippen molar-refractivity contribution in [2.24, 2.45) is 0 Å². The Morgan fingerprint density at radius 3 is 2.55 bits per heavy atom. The van der Waals surface area contributed by atoms with Crippen LogP contribution in [-0.2, 0) is 0 Å². The van der Waals surface area contributed by atoms with E-state index < -0.39 is 0 Å². The van der Waals surface area contributed by atoms with Crippen molar-refractivity contribution in [3.63, 3.8) is 0 Å². The molecule has 1 aromatic rings. The van der Waals surface area contributed by atoms with Gasteiger partial charge in [-0.1, -0.05) is 0 Å². The summed E-state index contributed by atoms with van der Waals surface area (Å²) in [6.07, 6.45) is 0. The molecule has 0 radical (unpaired) electrons. The average Bonchev–Trinajstić information content (AvgIpc) is 1.85.